The lowest BCUT2D eigenvalue weighted by Crippen LogP contribution is -1.89. The number of rotatable bonds is 1. The molecule has 0 amide bonds. The zero-order chi connectivity index (χ0) is 10.3. The summed E-state index contributed by atoms with van der Waals surface area (Å²) in [6.45, 7) is 3.57. The molecule has 0 saturated heterocycles. The number of pyridine rings is 1. The molecule has 0 saturated carbocycles. The minimum atomic E-state index is -4.67. The van der Waals surface area contributed by atoms with E-state index in [1.807, 2.05) is 18.2 Å². The Balaban J connectivity index is 0.000000252. The summed E-state index contributed by atoms with van der Waals surface area (Å²) in [5.74, 6) is 0. The Labute approximate surface area is 76.3 Å². The Morgan fingerprint density at radius 1 is 1.38 bits per heavy atom. The van der Waals surface area contributed by atoms with Crippen LogP contribution in [0.5, 0.6) is 0 Å². The van der Waals surface area contributed by atoms with Gasteiger partial charge in [-0.3, -0.25) is 14.1 Å². The topological polar surface area (TPSA) is 87.5 Å². The van der Waals surface area contributed by atoms with Crippen molar-refractivity contribution >= 4 is 16.5 Å². The van der Waals surface area contributed by atoms with E-state index in [1.165, 1.54) is 0 Å². The van der Waals surface area contributed by atoms with Gasteiger partial charge in [0.05, 0.1) is 5.69 Å². The SMILES string of the molecule is C=Cc1ccccn1.O=S(=O)(O)O. The van der Waals surface area contributed by atoms with Gasteiger partial charge in [-0.05, 0) is 18.2 Å². The molecular weight excluding hydrogens is 194 g/mol. The molecule has 0 aromatic carbocycles. The molecular formula is C7H9NO4S. The molecule has 0 fully saturated rings. The molecule has 0 aliphatic carbocycles. The molecule has 2 N–H and O–H groups in total. The fourth-order valence-corrected chi connectivity index (χ4v) is 0.497. The van der Waals surface area contributed by atoms with Crippen molar-refractivity contribution in [3.63, 3.8) is 0 Å². The molecule has 1 heterocycles. The van der Waals surface area contributed by atoms with Crippen LogP contribution in [0.1, 0.15) is 5.69 Å². The Hall–Kier alpha value is -1.24. The molecule has 1 aromatic heterocycles. The summed E-state index contributed by atoms with van der Waals surface area (Å²) in [6.07, 6.45) is 3.47. The summed E-state index contributed by atoms with van der Waals surface area (Å²) in [5, 5.41) is 0. The molecule has 13 heavy (non-hydrogen) atoms. The zero-order valence-electron chi connectivity index (χ0n) is 6.66. The van der Waals surface area contributed by atoms with E-state index in [0.29, 0.717) is 0 Å². The highest BCUT2D eigenvalue weighted by Gasteiger charge is 1.84. The molecule has 0 aliphatic heterocycles. The van der Waals surface area contributed by atoms with E-state index in [4.69, 9.17) is 17.5 Å². The predicted molar refractivity (Wildman–Crippen MR) is 48.5 cm³/mol. The maximum Gasteiger partial charge on any atom is 0.394 e. The van der Waals surface area contributed by atoms with Crippen molar-refractivity contribution < 1.29 is 17.5 Å². The summed E-state index contributed by atoms with van der Waals surface area (Å²) >= 11 is 0. The van der Waals surface area contributed by atoms with E-state index in [2.05, 4.69) is 11.6 Å². The van der Waals surface area contributed by atoms with Crippen LogP contribution in [0.2, 0.25) is 0 Å². The van der Waals surface area contributed by atoms with E-state index in [0.717, 1.165) is 5.69 Å². The maximum atomic E-state index is 8.74. The second-order valence-electron chi connectivity index (χ2n) is 1.91. The van der Waals surface area contributed by atoms with Gasteiger partial charge in [-0.15, -0.1) is 0 Å². The second kappa shape index (κ2) is 5.41. The van der Waals surface area contributed by atoms with Gasteiger partial charge in [0.15, 0.2) is 0 Å². The Morgan fingerprint density at radius 3 is 2.15 bits per heavy atom. The van der Waals surface area contributed by atoms with Gasteiger partial charge in [-0.1, -0.05) is 12.6 Å². The van der Waals surface area contributed by atoms with Crippen molar-refractivity contribution in [2.45, 2.75) is 0 Å². The predicted octanol–water partition coefficient (Wildman–Crippen LogP) is 1.07. The number of aromatic nitrogens is 1. The van der Waals surface area contributed by atoms with Crippen molar-refractivity contribution in [1.82, 2.24) is 4.98 Å². The standard InChI is InChI=1S/C7H7N.H2O4S/c1-2-7-5-3-4-6-8-7;1-5(2,3)4/h2-6H,1H2;(H2,1,2,3,4). The number of hydrogen-bond donors (Lipinski definition) is 2. The van der Waals surface area contributed by atoms with Gasteiger partial charge in [-0.25, -0.2) is 0 Å². The lowest BCUT2D eigenvalue weighted by Gasteiger charge is -1.84. The first kappa shape index (κ1) is 11.8. The monoisotopic (exact) mass is 203 g/mol. The summed E-state index contributed by atoms with van der Waals surface area (Å²) < 4.78 is 31.6. The lowest BCUT2D eigenvalue weighted by atomic mass is 10.4. The van der Waals surface area contributed by atoms with Gasteiger partial charge in [0, 0.05) is 6.20 Å². The molecule has 0 spiro atoms. The van der Waals surface area contributed by atoms with E-state index >= 15 is 0 Å². The van der Waals surface area contributed by atoms with Gasteiger partial charge in [0.1, 0.15) is 0 Å². The van der Waals surface area contributed by atoms with Crippen LogP contribution in [-0.4, -0.2) is 22.5 Å². The average Bonchev–Trinajstić information content (AvgIpc) is 2.03. The first-order valence-corrected chi connectivity index (χ1v) is 4.56. The molecule has 72 valence electrons. The van der Waals surface area contributed by atoms with Gasteiger partial charge in [0.25, 0.3) is 0 Å². The highest BCUT2D eigenvalue weighted by molar-refractivity contribution is 7.79. The first-order valence-electron chi connectivity index (χ1n) is 3.17. The summed E-state index contributed by atoms with van der Waals surface area (Å²) in [6, 6.07) is 5.73. The van der Waals surface area contributed by atoms with Crippen molar-refractivity contribution in [2.75, 3.05) is 0 Å². The van der Waals surface area contributed by atoms with Gasteiger partial charge in [-0.2, -0.15) is 8.42 Å². The molecule has 0 aliphatic rings. The van der Waals surface area contributed by atoms with Crippen LogP contribution in [0, 0.1) is 0 Å². The molecule has 0 atom stereocenters. The smallest absolute Gasteiger partial charge is 0.264 e. The molecule has 0 radical (unpaired) electrons. The van der Waals surface area contributed by atoms with Crippen LogP contribution in [-0.2, 0) is 10.4 Å². The molecule has 5 nitrogen and oxygen atoms in total. The van der Waals surface area contributed by atoms with Gasteiger partial charge in [0.2, 0.25) is 0 Å². The average molecular weight is 203 g/mol. The highest BCUT2D eigenvalue weighted by Crippen LogP contribution is 1.91. The molecule has 0 bridgehead atoms. The quantitative estimate of drug-likeness (QED) is 0.666. The minimum absolute atomic E-state index is 0.924. The summed E-state index contributed by atoms with van der Waals surface area (Å²) in [5.41, 5.74) is 0.924. The van der Waals surface area contributed by atoms with Crippen LogP contribution in [0.15, 0.2) is 31.0 Å². The number of nitrogens with zero attached hydrogens (tertiary/aromatic N) is 1. The Kier molecular flexibility index (Phi) is 4.90. The third-order valence-electron chi connectivity index (χ3n) is 0.897. The lowest BCUT2D eigenvalue weighted by molar-refractivity contribution is 0.381. The second-order valence-corrected chi connectivity index (χ2v) is 2.80. The van der Waals surface area contributed by atoms with Crippen molar-refractivity contribution in [2.24, 2.45) is 0 Å². The molecule has 1 rings (SSSR count). The third kappa shape index (κ3) is 10.8. The normalized spacial score (nSPS) is 9.69. The van der Waals surface area contributed by atoms with Crippen molar-refractivity contribution in [3.05, 3.63) is 36.7 Å². The van der Waals surface area contributed by atoms with Crippen LogP contribution < -0.4 is 0 Å². The summed E-state index contributed by atoms with van der Waals surface area (Å²) in [7, 11) is -4.67. The van der Waals surface area contributed by atoms with Crippen molar-refractivity contribution in [1.29, 1.82) is 0 Å². The van der Waals surface area contributed by atoms with E-state index in [9.17, 15) is 0 Å². The minimum Gasteiger partial charge on any atom is -0.264 e. The zero-order valence-corrected chi connectivity index (χ0v) is 7.48. The third-order valence-corrected chi connectivity index (χ3v) is 0.897. The molecule has 6 heteroatoms. The van der Waals surface area contributed by atoms with Crippen LogP contribution >= 0.6 is 0 Å². The van der Waals surface area contributed by atoms with Crippen LogP contribution in [0.3, 0.4) is 0 Å². The van der Waals surface area contributed by atoms with Crippen LogP contribution in [0.4, 0.5) is 0 Å². The first-order chi connectivity index (χ1) is 5.93. The summed E-state index contributed by atoms with van der Waals surface area (Å²) in [4.78, 5) is 3.98. The maximum absolute atomic E-state index is 8.74. The van der Waals surface area contributed by atoms with E-state index < -0.39 is 10.4 Å². The van der Waals surface area contributed by atoms with E-state index in [-0.39, 0.29) is 0 Å². The molecule has 1 aromatic rings. The van der Waals surface area contributed by atoms with Gasteiger partial charge < -0.3 is 0 Å². The fourth-order valence-electron chi connectivity index (χ4n) is 0.497. The largest absolute Gasteiger partial charge is 0.394 e. The number of hydrogen-bond acceptors (Lipinski definition) is 3. The van der Waals surface area contributed by atoms with Crippen molar-refractivity contribution in [3.8, 4) is 0 Å². The fraction of sp³-hybridized carbons (Fsp3) is 0. The van der Waals surface area contributed by atoms with E-state index in [1.54, 1.807) is 12.3 Å². The van der Waals surface area contributed by atoms with Crippen LogP contribution in [0.25, 0.3) is 6.08 Å². The highest BCUT2D eigenvalue weighted by atomic mass is 32.3. The molecule has 0 unspecified atom stereocenters. The van der Waals surface area contributed by atoms with Gasteiger partial charge >= 0.3 is 10.4 Å². The Bertz CT molecular complexity index is 338. The Morgan fingerprint density at radius 2 is 1.92 bits per heavy atom.